The van der Waals surface area contributed by atoms with Crippen molar-refractivity contribution >= 4 is 22.8 Å². The van der Waals surface area contributed by atoms with E-state index >= 15 is 0 Å². The van der Waals surface area contributed by atoms with Crippen LogP contribution in [0.25, 0.3) is 16.9 Å². The highest BCUT2D eigenvalue weighted by atomic mass is 35.5. The number of aryl methyl sites for hydroxylation is 2. The largest absolute Gasteiger partial charge is 0.281 e. The molecule has 3 aromatic rings. The fraction of sp³-hybridized carbons (Fsp3) is 0.200. The molecule has 0 aliphatic heterocycles. The Morgan fingerprint density at radius 2 is 1.90 bits per heavy atom. The Hall–Kier alpha value is -2.01. The molecule has 0 saturated carbocycles. The molecule has 21 heavy (non-hydrogen) atoms. The van der Waals surface area contributed by atoms with Crippen molar-refractivity contribution in [2.75, 3.05) is 5.88 Å². The van der Waals surface area contributed by atoms with E-state index in [0.29, 0.717) is 35.0 Å². The van der Waals surface area contributed by atoms with E-state index in [0.717, 1.165) is 17.8 Å². The fourth-order valence-electron chi connectivity index (χ4n) is 2.25. The SMILES string of the molecule is Cc1ccc2nc(CCCl)n(-c3ccc(F)c(F)c3)c2n1. The molecule has 0 bridgehead atoms. The molecule has 6 heteroatoms. The molecule has 0 fully saturated rings. The number of nitrogens with zero attached hydrogens (tertiary/aromatic N) is 3. The van der Waals surface area contributed by atoms with Gasteiger partial charge < -0.3 is 0 Å². The van der Waals surface area contributed by atoms with Crippen LogP contribution in [0.4, 0.5) is 8.78 Å². The monoisotopic (exact) mass is 307 g/mol. The maximum Gasteiger partial charge on any atom is 0.164 e. The predicted octanol–water partition coefficient (Wildman–Crippen LogP) is 3.79. The van der Waals surface area contributed by atoms with E-state index in [4.69, 9.17) is 11.6 Å². The lowest BCUT2D eigenvalue weighted by Gasteiger charge is -2.08. The summed E-state index contributed by atoms with van der Waals surface area (Å²) in [5.41, 5.74) is 2.62. The molecular formula is C15H12ClF2N3. The molecule has 0 spiro atoms. The van der Waals surface area contributed by atoms with Crippen LogP contribution >= 0.6 is 11.6 Å². The molecule has 0 aliphatic rings. The smallest absolute Gasteiger partial charge is 0.164 e. The lowest BCUT2D eigenvalue weighted by Crippen LogP contribution is -2.04. The van der Waals surface area contributed by atoms with Crippen LogP contribution in [-0.2, 0) is 6.42 Å². The van der Waals surface area contributed by atoms with Gasteiger partial charge in [-0.15, -0.1) is 11.6 Å². The molecule has 0 amide bonds. The Labute approximate surface area is 125 Å². The lowest BCUT2D eigenvalue weighted by molar-refractivity contribution is 0.508. The molecule has 3 rings (SSSR count). The summed E-state index contributed by atoms with van der Waals surface area (Å²) in [6.07, 6.45) is 0.510. The number of halogens is 3. The molecule has 2 aromatic heterocycles. The van der Waals surface area contributed by atoms with Crippen LogP contribution in [0.1, 0.15) is 11.5 Å². The maximum atomic E-state index is 13.5. The van der Waals surface area contributed by atoms with Gasteiger partial charge in [0.2, 0.25) is 0 Å². The third-order valence-electron chi connectivity index (χ3n) is 3.19. The van der Waals surface area contributed by atoms with Crippen LogP contribution in [0.15, 0.2) is 30.3 Å². The summed E-state index contributed by atoms with van der Waals surface area (Å²) in [5.74, 6) is -0.736. The number of benzene rings is 1. The van der Waals surface area contributed by atoms with Gasteiger partial charge in [-0.05, 0) is 31.2 Å². The number of pyridine rings is 1. The first-order chi connectivity index (χ1) is 10.1. The van der Waals surface area contributed by atoms with Gasteiger partial charge in [0.05, 0.1) is 5.69 Å². The van der Waals surface area contributed by atoms with E-state index in [-0.39, 0.29) is 0 Å². The molecule has 0 unspecified atom stereocenters. The van der Waals surface area contributed by atoms with Crippen molar-refractivity contribution in [1.82, 2.24) is 14.5 Å². The first kappa shape index (κ1) is 13.9. The third kappa shape index (κ3) is 2.49. The Morgan fingerprint density at radius 1 is 1.10 bits per heavy atom. The number of rotatable bonds is 3. The minimum Gasteiger partial charge on any atom is -0.281 e. The van der Waals surface area contributed by atoms with E-state index in [2.05, 4.69) is 9.97 Å². The van der Waals surface area contributed by atoms with E-state index < -0.39 is 11.6 Å². The Morgan fingerprint density at radius 3 is 2.62 bits per heavy atom. The third-order valence-corrected chi connectivity index (χ3v) is 3.38. The van der Waals surface area contributed by atoms with Crippen LogP contribution in [0, 0.1) is 18.6 Å². The summed E-state index contributed by atoms with van der Waals surface area (Å²) in [6, 6.07) is 7.44. The summed E-state index contributed by atoms with van der Waals surface area (Å²) in [4.78, 5) is 8.92. The van der Waals surface area contributed by atoms with Gasteiger partial charge in [0.25, 0.3) is 0 Å². The predicted molar refractivity (Wildman–Crippen MR) is 77.9 cm³/mol. The Kier molecular flexibility index (Phi) is 3.59. The zero-order valence-corrected chi connectivity index (χ0v) is 12.0. The minimum atomic E-state index is -0.904. The van der Waals surface area contributed by atoms with Crippen molar-refractivity contribution in [3.05, 3.63) is 53.5 Å². The number of hydrogen-bond donors (Lipinski definition) is 0. The molecule has 0 aliphatic carbocycles. The number of fused-ring (bicyclic) bond motifs is 1. The van der Waals surface area contributed by atoms with Crippen molar-refractivity contribution in [2.45, 2.75) is 13.3 Å². The van der Waals surface area contributed by atoms with Crippen molar-refractivity contribution in [3.63, 3.8) is 0 Å². The van der Waals surface area contributed by atoms with Crippen molar-refractivity contribution < 1.29 is 8.78 Å². The minimum absolute atomic E-state index is 0.381. The van der Waals surface area contributed by atoms with E-state index in [1.165, 1.54) is 6.07 Å². The van der Waals surface area contributed by atoms with E-state index in [9.17, 15) is 8.78 Å². The van der Waals surface area contributed by atoms with Gasteiger partial charge in [-0.2, -0.15) is 0 Å². The lowest BCUT2D eigenvalue weighted by atomic mass is 10.3. The van der Waals surface area contributed by atoms with Crippen LogP contribution in [0.3, 0.4) is 0 Å². The van der Waals surface area contributed by atoms with Crippen LogP contribution in [0.2, 0.25) is 0 Å². The van der Waals surface area contributed by atoms with Crippen LogP contribution in [0.5, 0.6) is 0 Å². The molecule has 0 saturated heterocycles. The maximum absolute atomic E-state index is 13.5. The zero-order valence-electron chi connectivity index (χ0n) is 11.3. The second kappa shape index (κ2) is 5.41. The number of hydrogen-bond acceptors (Lipinski definition) is 2. The van der Waals surface area contributed by atoms with Gasteiger partial charge in [0, 0.05) is 24.1 Å². The zero-order chi connectivity index (χ0) is 15.0. The molecule has 108 valence electrons. The van der Waals surface area contributed by atoms with Gasteiger partial charge in [-0.1, -0.05) is 0 Å². The molecular weight excluding hydrogens is 296 g/mol. The molecule has 3 nitrogen and oxygen atoms in total. The van der Waals surface area contributed by atoms with Gasteiger partial charge in [0.1, 0.15) is 11.3 Å². The molecule has 2 heterocycles. The van der Waals surface area contributed by atoms with Crippen molar-refractivity contribution in [3.8, 4) is 5.69 Å². The standard InChI is InChI=1S/C15H12ClF2N3/c1-9-2-5-13-15(19-9)21(14(20-13)6-7-16)10-3-4-11(17)12(18)8-10/h2-5,8H,6-7H2,1H3. The Balaban J connectivity index is 2.29. The molecule has 0 atom stereocenters. The highest BCUT2D eigenvalue weighted by Crippen LogP contribution is 2.22. The average molecular weight is 308 g/mol. The molecule has 0 radical (unpaired) electrons. The van der Waals surface area contributed by atoms with Crippen molar-refractivity contribution in [2.24, 2.45) is 0 Å². The highest BCUT2D eigenvalue weighted by Gasteiger charge is 2.15. The quantitative estimate of drug-likeness (QED) is 0.689. The van der Waals surface area contributed by atoms with E-state index in [1.807, 2.05) is 19.1 Å². The van der Waals surface area contributed by atoms with Gasteiger partial charge in [0.15, 0.2) is 17.3 Å². The number of alkyl halides is 1. The number of aromatic nitrogens is 3. The first-order valence-electron chi connectivity index (χ1n) is 6.46. The second-order valence-electron chi connectivity index (χ2n) is 4.70. The van der Waals surface area contributed by atoms with Gasteiger partial charge in [-0.3, -0.25) is 4.57 Å². The van der Waals surface area contributed by atoms with Gasteiger partial charge in [-0.25, -0.2) is 18.7 Å². The van der Waals surface area contributed by atoms with Gasteiger partial charge >= 0.3 is 0 Å². The highest BCUT2D eigenvalue weighted by molar-refractivity contribution is 6.17. The topological polar surface area (TPSA) is 30.7 Å². The summed E-state index contributed by atoms with van der Waals surface area (Å²) in [6.45, 7) is 1.86. The summed E-state index contributed by atoms with van der Waals surface area (Å²) >= 11 is 5.80. The normalized spacial score (nSPS) is 11.2. The van der Waals surface area contributed by atoms with E-state index in [1.54, 1.807) is 4.57 Å². The fourth-order valence-corrected chi connectivity index (χ4v) is 2.42. The number of imidazole rings is 1. The molecule has 0 N–H and O–H groups in total. The van der Waals surface area contributed by atoms with Crippen molar-refractivity contribution in [1.29, 1.82) is 0 Å². The van der Waals surface area contributed by atoms with Crippen LogP contribution in [-0.4, -0.2) is 20.4 Å². The first-order valence-corrected chi connectivity index (χ1v) is 7.00. The summed E-state index contributed by atoms with van der Waals surface area (Å²) < 4.78 is 28.4. The summed E-state index contributed by atoms with van der Waals surface area (Å²) in [5, 5.41) is 0. The second-order valence-corrected chi connectivity index (χ2v) is 5.07. The average Bonchev–Trinajstić information content (AvgIpc) is 2.80. The molecule has 1 aromatic carbocycles. The van der Waals surface area contributed by atoms with Crippen LogP contribution < -0.4 is 0 Å². The Bertz CT molecular complexity index is 814. The summed E-state index contributed by atoms with van der Waals surface area (Å²) in [7, 11) is 0.